The Bertz CT molecular complexity index is 223. The molecule has 6 heteroatoms. The SMILES string of the molecule is CC1CCNC1CCN(C)CCOC(F)(F)F. The summed E-state index contributed by atoms with van der Waals surface area (Å²) >= 11 is 0. The molecule has 0 spiro atoms. The lowest BCUT2D eigenvalue weighted by atomic mass is 10.0. The third-order valence-electron chi connectivity index (χ3n) is 3.25. The highest BCUT2D eigenvalue weighted by atomic mass is 19.4. The molecule has 0 amide bonds. The number of halogens is 3. The Morgan fingerprint density at radius 3 is 2.59 bits per heavy atom. The molecule has 1 heterocycles. The second kappa shape index (κ2) is 6.56. The lowest BCUT2D eigenvalue weighted by molar-refractivity contribution is -0.324. The molecule has 1 aliphatic heterocycles. The molecule has 0 bridgehead atoms. The first kappa shape index (κ1) is 14.7. The molecule has 0 saturated carbocycles. The molecule has 1 saturated heterocycles. The zero-order valence-electron chi connectivity index (χ0n) is 10.4. The minimum absolute atomic E-state index is 0.298. The number of hydrogen-bond donors (Lipinski definition) is 1. The van der Waals surface area contributed by atoms with Crippen LogP contribution in [-0.2, 0) is 4.74 Å². The van der Waals surface area contributed by atoms with Crippen LogP contribution in [-0.4, -0.2) is 50.6 Å². The minimum Gasteiger partial charge on any atom is -0.314 e. The van der Waals surface area contributed by atoms with Gasteiger partial charge < -0.3 is 10.2 Å². The van der Waals surface area contributed by atoms with Crippen LogP contribution in [0.2, 0.25) is 0 Å². The summed E-state index contributed by atoms with van der Waals surface area (Å²) in [7, 11) is 1.82. The Balaban J connectivity index is 2.07. The molecule has 1 rings (SSSR count). The van der Waals surface area contributed by atoms with Gasteiger partial charge in [0.25, 0.3) is 0 Å². The predicted octanol–water partition coefficient (Wildman–Crippen LogP) is 1.84. The number of likely N-dealkylation sites (N-methyl/N-ethyl adjacent to an activating group) is 1. The molecule has 17 heavy (non-hydrogen) atoms. The van der Waals surface area contributed by atoms with Crippen molar-refractivity contribution in [1.29, 1.82) is 0 Å². The molecular weight excluding hydrogens is 233 g/mol. The molecule has 0 aliphatic carbocycles. The van der Waals surface area contributed by atoms with Crippen molar-refractivity contribution >= 4 is 0 Å². The van der Waals surface area contributed by atoms with E-state index < -0.39 is 6.36 Å². The molecule has 0 aromatic rings. The Labute approximate surface area is 100 Å². The lowest BCUT2D eigenvalue weighted by Crippen LogP contribution is -2.33. The largest absolute Gasteiger partial charge is 0.522 e. The molecule has 0 aromatic carbocycles. The van der Waals surface area contributed by atoms with Crippen LogP contribution in [0.15, 0.2) is 0 Å². The Kier molecular flexibility index (Phi) is 5.69. The number of ether oxygens (including phenoxy) is 1. The summed E-state index contributed by atoms with van der Waals surface area (Å²) in [6, 6.07) is 0.501. The number of nitrogens with one attached hydrogen (secondary N) is 1. The molecule has 3 nitrogen and oxygen atoms in total. The van der Waals surface area contributed by atoms with E-state index in [4.69, 9.17) is 0 Å². The highest BCUT2D eigenvalue weighted by molar-refractivity contribution is 4.81. The second-order valence-electron chi connectivity index (χ2n) is 4.71. The van der Waals surface area contributed by atoms with E-state index in [0.29, 0.717) is 18.5 Å². The van der Waals surface area contributed by atoms with E-state index in [1.54, 1.807) is 0 Å². The minimum atomic E-state index is -4.51. The van der Waals surface area contributed by atoms with Crippen molar-refractivity contribution in [3.8, 4) is 0 Å². The number of hydrogen-bond acceptors (Lipinski definition) is 3. The van der Waals surface area contributed by atoms with E-state index in [9.17, 15) is 13.2 Å². The molecule has 2 unspecified atom stereocenters. The Morgan fingerprint density at radius 1 is 1.35 bits per heavy atom. The average molecular weight is 254 g/mol. The fourth-order valence-electron chi connectivity index (χ4n) is 2.07. The highest BCUT2D eigenvalue weighted by Crippen LogP contribution is 2.18. The van der Waals surface area contributed by atoms with Crippen LogP contribution in [0, 0.1) is 5.92 Å². The normalized spacial score (nSPS) is 25.8. The zero-order valence-corrected chi connectivity index (χ0v) is 10.4. The number of alkyl halides is 3. The van der Waals surface area contributed by atoms with Crippen molar-refractivity contribution in [2.75, 3.05) is 33.3 Å². The first-order valence-corrected chi connectivity index (χ1v) is 6.01. The Hall–Kier alpha value is -0.330. The van der Waals surface area contributed by atoms with E-state index in [1.807, 2.05) is 11.9 Å². The predicted molar refractivity (Wildman–Crippen MR) is 59.7 cm³/mol. The summed E-state index contributed by atoms with van der Waals surface area (Å²) < 4.78 is 38.9. The van der Waals surface area contributed by atoms with Crippen molar-refractivity contribution in [3.05, 3.63) is 0 Å². The van der Waals surface area contributed by atoms with Crippen molar-refractivity contribution in [1.82, 2.24) is 10.2 Å². The van der Waals surface area contributed by atoms with Gasteiger partial charge in [0, 0.05) is 12.6 Å². The molecule has 2 atom stereocenters. The van der Waals surface area contributed by atoms with Gasteiger partial charge in [-0.15, -0.1) is 13.2 Å². The van der Waals surface area contributed by atoms with Crippen molar-refractivity contribution in [3.63, 3.8) is 0 Å². The maximum atomic E-state index is 11.7. The zero-order chi connectivity index (χ0) is 12.9. The third-order valence-corrected chi connectivity index (χ3v) is 3.25. The van der Waals surface area contributed by atoms with Crippen LogP contribution < -0.4 is 5.32 Å². The standard InChI is InChI=1S/C11H21F3N2O/c1-9-3-5-15-10(9)4-6-16(2)7-8-17-11(12,13)14/h9-10,15H,3-8H2,1-2H3. The quantitative estimate of drug-likeness (QED) is 0.783. The van der Waals surface area contributed by atoms with E-state index in [0.717, 1.165) is 19.5 Å². The molecule has 1 N–H and O–H groups in total. The molecule has 0 radical (unpaired) electrons. The topological polar surface area (TPSA) is 24.5 Å². The van der Waals surface area contributed by atoms with Gasteiger partial charge in [-0.3, -0.25) is 4.74 Å². The highest BCUT2D eigenvalue weighted by Gasteiger charge is 2.28. The average Bonchev–Trinajstić information content (AvgIpc) is 2.59. The van der Waals surface area contributed by atoms with Crippen LogP contribution in [0.25, 0.3) is 0 Å². The monoisotopic (exact) mass is 254 g/mol. The van der Waals surface area contributed by atoms with Gasteiger partial charge in [-0.1, -0.05) is 6.92 Å². The summed E-state index contributed by atoms with van der Waals surface area (Å²) in [5.74, 6) is 0.662. The van der Waals surface area contributed by atoms with E-state index in [2.05, 4.69) is 17.0 Å². The molecule has 102 valence electrons. The summed E-state index contributed by atoms with van der Waals surface area (Å²) in [5.41, 5.74) is 0. The lowest BCUT2D eigenvalue weighted by Gasteiger charge is -2.21. The maximum Gasteiger partial charge on any atom is 0.522 e. The van der Waals surface area contributed by atoms with E-state index in [1.165, 1.54) is 6.42 Å². The summed E-state index contributed by atoms with van der Waals surface area (Å²) in [5, 5.41) is 3.40. The Morgan fingerprint density at radius 2 is 2.06 bits per heavy atom. The molecule has 0 aromatic heterocycles. The number of rotatable bonds is 6. The smallest absolute Gasteiger partial charge is 0.314 e. The van der Waals surface area contributed by atoms with E-state index in [-0.39, 0.29) is 6.61 Å². The van der Waals surface area contributed by atoms with Crippen LogP contribution in [0.1, 0.15) is 19.8 Å². The second-order valence-corrected chi connectivity index (χ2v) is 4.71. The van der Waals surface area contributed by atoms with Crippen LogP contribution in [0.3, 0.4) is 0 Å². The summed E-state index contributed by atoms with van der Waals surface area (Å²) in [4.78, 5) is 1.87. The van der Waals surface area contributed by atoms with Crippen molar-refractivity contribution < 1.29 is 17.9 Å². The van der Waals surface area contributed by atoms with Gasteiger partial charge in [0.05, 0.1) is 6.61 Å². The molecular formula is C11H21F3N2O. The van der Waals surface area contributed by atoms with Crippen LogP contribution >= 0.6 is 0 Å². The van der Waals surface area contributed by atoms with Gasteiger partial charge >= 0.3 is 6.36 Å². The summed E-state index contributed by atoms with van der Waals surface area (Å²) in [6.45, 7) is 4.06. The van der Waals surface area contributed by atoms with E-state index >= 15 is 0 Å². The van der Waals surface area contributed by atoms with Crippen LogP contribution in [0.4, 0.5) is 13.2 Å². The van der Waals surface area contributed by atoms with Gasteiger partial charge in [0.2, 0.25) is 0 Å². The van der Waals surface area contributed by atoms with Gasteiger partial charge in [0.15, 0.2) is 0 Å². The third kappa shape index (κ3) is 6.24. The maximum absolute atomic E-state index is 11.7. The van der Waals surface area contributed by atoms with Crippen molar-refractivity contribution in [2.24, 2.45) is 5.92 Å². The molecule has 1 aliphatic rings. The fourth-order valence-corrected chi connectivity index (χ4v) is 2.07. The first-order valence-electron chi connectivity index (χ1n) is 6.01. The van der Waals surface area contributed by atoms with Gasteiger partial charge in [-0.05, 0) is 38.9 Å². The van der Waals surface area contributed by atoms with Gasteiger partial charge in [-0.25, -0.2) is 0 Å². The first-order chi connectivity index (χ1) is 7.88. The summed E-state index contributed by atoms with van der Waals surface area (Å²) in [6.07, 6.45) is -2.35. The van der Waals surface area contributed by atoms with Gasteiger partial charge in [-0.2, -0.15) is 0 Å². The van der Waals surface area contributed by atoms with Crippen molar-refractivity contribution in [2.45, 2.75) is 32.2 Å². The number of nitrogens with zero attached hydrogens (tertiary/aromatic N) is 1. The fraction of sp³-hybridized carbons (Fsp3) is 1.00. The molecule has 1 fully saturated rings. The van der Waals surface area contributed by atoms with Gasteiger partial charge in [0.1, 0.15) is 0 Å². The van der Waals surface area contributed by atoms with Crippen LogP contribution in [0.5, 0.6) is 0 Å².